The fourth-order valence-corrected chi connectivity index (χ4v) is 4.98. The first-order valence-corrected chi connectivity index (χ1v) is 13.2. The summed E-state index contributed by atoms with van der Waals surface area (Å²) in [7, 11) is 1.60. The molecular formula is C34H31NO5. The zero-order valence-corrected chi connectivity index (χ0v) is 22.7. The molecule has 0 saturated carbocycles. The first-order valence-electron chi connectivity index (χ1n) is 13.2. The van der Waals surface area contributed by atoms with Crippen molar-refractivity contribution in [3.8, 4) is 11.5 Å². The number of methoxy groups -OCH3 is 1. The van der Waals surface area contributed by atoms with Crippen LogP contribution >= 0.6 is 0 Å². The number of ether oxygens (including phenoxy) is 2. The predicted molar refractivity (Wildman–Crippen MR) is 156 cm³/mol. The molecule has 4 aromatic rings. The average Bonchev–Trinajstić information content (AvgIpc) is 3.26. The van der Waals surface area contributed by atoms with Crippen LogP contribution in [-0.4, -0.2) is 23.9 Å². The van der Waals surface area contributed by atoms with E-state index >= 15 is 0 Å². The molecule has 1 amide bonds. The number of para-hydroxylation sites is 1. The minimum atomic E-state index is -0.824. The highest BCUT2D eigenvalue weighted by Crippen LogP contribution is 2.43. The molecule has 6 heteroatoms. The smallest absolute Gasteiger partial charge is 0.300 e. The molecule has 1 saturated heterocycles. The van der Waals surface area contributed by atoms with Gasteiger partial charge in [0.15, 0.2) is 0 Å². The number of ketones is 1. The van der Waals surface area contributed by atoms with Crippen LogP contribution in [0.15, 0.2) is 109 Å². The lowest BCUT2D eigenvalue weighted by atomic mass is 9.93. The third kappa shape index (κ3) is 5.21. The summed E-state index contributed by atoms with van der Waals surface area (Å²) in [5, 5.41) is 11.6. The highest BCUT2D eigenvalue weighted by molar-refractivity contribution is 6.51. The Kier molecular flexibility index (Phi) is 7.69. The number of Topliss-reactive ketones (excluding diaryl/α,β-unsaturated/α-hetero) is 1. The Bertz CT molecular complexity index is 1540. The largest absolute Gasteiger partial charge is 0.507 e. The topological polar surface area (TPSA) is 76.1 Å². The Hall–Kier alpha value is -4.84. The molecule has 1 fully saturated rings. The Balaban J connectivity index is 1.57. The number of hydrogen-bond acceptors (Lipinski definition) is 5. The fourth-order valence-electron chi connectivity index (χ4n) is 4.98. The maximum atomic E-state index is 13.5. The monoisotopic (exact) mass is 533 g/mol. The van der Waals surface area contributed by atoms with Crippen molar-refractivity contribution in [1.29, 1.82) is 0 Å². The van der Waals surface area contributed by atoms with E-state index in [1.165, 1.54) is 4.90 Å². The second kappa shape index (κ2) is 11.5. The van der Waals surface area contributed by atoms with Crippen LogP contribution in [0.2, 0.25) is 0 Å². The van der Waals surface area contributed by atoms with E-state index in [0.29, 0.717) is 34.9 Å². The standard InChI is InChI=1S/C34H31NO5/c1-22(2)28-20-25(16-19-29(28)39-3)32(36)30-31(35(34(38)33(30)37)26-12-8-5-9-13-26)24-14-17-27(18-15-24)40-21-23-10-6-4-7-11-23/h4-20,22,31,36H,21H2,1-3H3/b32-30-. The molecule has 6 nitrogen and oxygen atoms in total. The quantitative estimate of drug-likeness (QED) is 0.150. The molecule has 1 aliphatic rings. The molecule has 1 unspecified atom stereocenters. The van der Waals surface area contributed by atoms with Crippen LogP contribution in [-0.2, 0) is 16.2 Å². The Labute approximate surface area is 234 Å². The number of carbonyl (C=O) groups excluding carboxylic acids is 2. The number of hydrogen-bond donors (Lipinski definition) is 1. The molecule has 0 spiro atoms. The number of benzene rings is 4. The molecule has 0 bridgehead atoms. The summed E-state index contributed by atoms with van der Waals surface area (Å²) in [4.78, 5) is 28.4. The van der Waals surface area contributed by atoms with E-state index in [0.717, 1.165) is 11.1 Å². The molecule has 4 aromatic carbocycles. The van der Waals surface area contributed by atoms with E-state index in [1.54, 1.807) is 31.4 Å². The van der Waals surface area contributed by atoms with Gasteiger partial charge in [-0.1, -0.05) is 74.5 Å². The highest BCUT2D eigenvalue weighted by Gasteiger charge is 2.47. The van der Waals surface area contributed by atoms with Gasteiger partial charge >= 0.3 is 0 Å². The maximum Gasteiger partial charge on any atom is 0.300 e. The number of aliphatic hydroxyl groups excluding tert-OH is 1. The van der Waals surface area contributed by atoms with Gasteiger partial charge in [0.25, 0.3) is 11.7 Å². The van der Waals surface area contributed by atoms with Crippen LogP contribution < -0.4 is 14.4 Å². The highest BCUT2D eigenvalue weighted by atomic mass is 16.5. The van der Waals surface area contributed by atoms with Crippen LogP contribution in [0.1, 0.15) is 48.1 Å². The lowest BCUT2D eigenvalue weighted by Crippen LogP contribution is -2.29. The molecule has 0 aromatic heterocycles. The van der Waals surface area contributed by atoms with Gasteiger partial charge in [-0.05, 0) is 65.1 Å². The first-order chi connectivity index (χ1) is 19.4. The second-order valence-electron chi connectivity index (χ2n) is 9.96. The zero-order valence-electron chi connectivity index (χ0n) is 22.7. The summed E-state index contributed by atoms with van der Waals surface area (Å²) in [5.74, 6) is -0.193. The Morgan fingerprint density at radius 3 is 2.15 bits per heavy atom. The summed E-state index contributed by atoms with van der Waals surface area (Å²) < 4.78 is 11.4. The van der Waals surface area contributed by atoms with Crippen molar-refractivity contribution in [2.75, 3.05) is 12.0 Å². The van der Waals surface area contributed by atoms with Gasteiger partial charge in [-0.25, -0.2) is 0 Å². The van der Waals surface area contributed by atoms with Gasteiger partial charge in [0.05, 0.1) is 18.7 Å². The minimum Gasteiger partial charge on any atom is -0.507 e. The van der Waals surface area contributed by atoms with E-state index in [4.69, 9.17) is 9.47 Å². The van der Waals surface area contributed by atoms with Gasteiger partial charge in [0, 0.05) is 11.3 Å². The van der Waals surface area contributed by atoms with Crippen molar-refractivity contribution < 1.29 is 24.2 Å². The molecular weight excluding hydrogens is 502 g/mol. The van der Waals surface area contributed by atoms with E-state index in [-0.39, 0.29) is 17.3 Å². The van der Waals surface area contributed by atoms with Crippen molar-refractivity contribution in [2.45, 2.75) is 32.4 Å². The van der Waals surface area contributed by atoms with Gasteiger partial charge in [-0.3, -0.25) is 14.5 Å². The normalized spacial score (nSPS) is 16.4. The van der Waals surface area contributed by atoms with Crippen molar-refractivity contribution in [3.05, 3.63) is 131 Å². The van der Waals surface area contributed by atoms with E-state index < -0.39 is 17.7 Å². The molecule has 5 rings (SSSR count). The van der Waals surface area contributed by atoms with Crippen LogP contribution in [0, 0.1) is 0 Å². The summed E-state index contributed by atoms with van der Waals surface area (Å²) in [6.07, 6.45) is 0. The third-order valence-corrected chi connectivity index (χ3v) is 7.05. The fraction of sp³-hybridized carbons (Fsp3) is 0.176. The molecule has 1 atom stereocenters. The molecule has 1 aliphatic heterocycles. The summed E-state index contributed by atoms with van der Waals surface area (Å²) >= 11 is 0. The predicted octanol–water partition coefficient (Wildman–Crippen LogP) is 7.02. The van der Waals surface area contributed by atoms with Gasteiger partial charge in [0.2, 0.25) is 0 Å². The molecule has 40 heavy (non-hydrogen) atoms. The van der Waals surface area contributed by atoms with Crippen molar-refractivity contribution >= 4 is 23.1 Å². The van der Waals surface area contributed by atoms with Crippen LogP contribution in [0.25, 0.3) is 5.76 Å². The van der Waals surface area contributed by atoms with Gasteiger partial charge < -0.3 is 14.6 Å². The average molecular weight is 534 g/mol. The number of nitrogens with zero attached hydrogens (tertiary/aromatic N) is 1. The number of anilines is 1. The van der Waals surface area contributed by atoms with Gasteiger partial charge in [-0.15, -0.1) is 0 Å². The second-order valence-corrected chi connectivity index (χ2v) is 9.96. The Morgan fingerprint density at radius 1 is 0.875 bits per heavy atom. The third-order valence-electron chi connectivity index (χ3n) is 7.05. The Morgan fingerprint density at radius 2 is 1.52 bits per heavy atom. The van der Waals surface area contributed by atoms with Crippen LogP contribution in [0.5, 0.6) is 11.5 Å². The maximum absolute atomic E-state index is 13.5. The van der Waals surface area contributed by atoms with Crippen LogP contribution in [0.3, 0.4) is 0 Å². The van der Waals surface area contributed by atoms with Gasteiger partial charge in [0.1, 0.15) is 23.9 Å². The number of amides is 1. The number of rotatable bonds is 8. The van der Waals surface area contributed by atoms with E-state index in [2.05, 4.69) is 0 Å². The van der Waals surface area contributed by atoms with Gasteiger partial charge in [-0.2, -0.15) is 0 Å². The molecule has 0 radical (unpaired) electrons. The lowest BCUT2D eigenvalue weighted by molar-refractivity contribution is -0.132. The van der Waals surface area contributed by atoms with Crippen molar-refractivity contribution in [1.82, 2.24) is 0 Å². The van der Waals surface area contributed by atoms with Crippen molar-refractivity contribution in [2.24, 2.45) is 0 Å². The molecule has 1 heterocycles. The molecule has 202 valence electrons. The van der Waals surface area contributed by atoms with Crippen molar-refractivity contribution in [3.63, 3.8) is 0 Å². The SMILES string of the molecule is COc1ccc(/C(O)=C2/C(=O)C(=O)N(c3ccccc3)C2c2ccc(OCc3ccccc3)cc2)cc1C(C)C. The summed E-state index contributed by atoms with van der Waals surface area (Å²) in [5.41, 5.74) is 3.66. The zero-order chi connectivity index (χ0) is 28.2. The van der Waals surface area contributed by atoms with E-state index in [9.17, 15) is 14.7 Å². The molecule has 1 N–H and O–H groups in total. The minimum absolute atomic E-state index is 0.0340. The summed E-state index contributed by atoms with van der Waals surface area (Å²) in [6, 6.07) is 30.6. The van der Waals surface area contributed by atoms with E-state index in [1.807, 2.05) is 92.7 Å². The number of carbonyl (C=O) groups is 2. The number of aliphatic hydroxyl groups is 1. The summed E-state index contributed by atoms with van der Waals surface area (Å²) in [6.45, 7) is 4.47. The molecule has 0 aliphatic carbocycles. The lowest BCUT2D eigenvalue weighted by Gasteiger charge is -2.25. The first kappa shape index (κ1) is 26.8. The van der Waals surface area contributed by atoms with Crippen LogP contribution in [0.4, 0.5) is 5.69 Å².